The van der Waals surface area contributed by atoms with Crippen molar-refractivity contribution in [2.75, 3.05) is 13.2 Å². The van der Waals surface area contributed by atoms with Crippen LogP contribution in [0.2, 0.25) is 0 Å². The SMILES string of the molecule is O=C1/C(=C/c2ccccc2OCCOc2ccccc2)SC(=S)N1Cc1ccco1. The van der Waals surface area contributed by atoms with Gasteiger partial charge in [-0.15, -0.1) is 0 Å². The third-order valence-corrected chi connectivity index (χ3v) is 5.70. The molecule has 1 fully saturated rings. The van der Waals surface area contributed by atoms with Crippen LogP contribution < -0.4 is 9.47 Å². The number of thioether (sulfide) groups is 1. The third-order valence-electron chi connectivity index (χ3n) is 4.33. The van der Waals surface area contributed by atoms with Crippen LogP contribution in [0, 0.1) is 0 Å². The van der Waals surface area contributed by atoms with Crippen LogP contribution >= 0.6 is 24.0 Å². The molecule has 0 aliphatic carbocycles. The largest absolute Gasteiger partial charge is 0.490 e. The van der Waals surface area contributed by atoms with Gasteiger partial charge in [0, 0.05) is 5.56 Å². The molecule has 1 aliphatic rings. The first-order chi connectivity index (χ1) is 14.7. The van der Waals surface area contributed by atoms with E-state index in [-0.39, 0.29) is 5.91 Å². The van der Waals surface area contributed by atoms with Crippen LogP contribution in [0.5, 0.6) is 11.5 Å². The Balaban J connectivity index is 1.41. The second-order valence-corrected chi connectivity index (χ2v) is 8.07. The van der Waals surface area contributed by atoms with Crippen molar-refractivity contribution in [2.45, 2.75) is 6.54 Å². The number of ether oxygens (including phenoxy) is 2. The maximum atomic E-state index is 12.8. The molecule has 7 heteroatoms. The van der Waals surface area contributed by atoms with Gasteiger partial charge in [-0.05, 0) is 36.4 Å². The highest BCUT2D eigenvalue weighted by Crippen LogP contribution is 2.35. The minimum Gasteiger partial charge on any atom is -0.490 e. The summed E-state index contributed by atoms with van der Waals surface area (Å²) in [6.07, 6.45) is 3.40. The molecule has 1 aliphatic heterocycles. The predicted molar refractivity (Wildman–Crippen MR) is 121 cm³/mol. The molecule has 3 aromatic rings. The average Bonchev–Trinajstić information content (AvgIpc) is 3.37. The molecule has 1 saturated heterocycles. The van der Waals surface area contributed by atoms with Crippen LogP contribution in [0.1, 0.15) is 11.3 Å². The first-order valence-electron chi connectivity index (χ1n) is 9.38. The summed E-state index contributed by atoms with van der Waals surface area (Å²) in [5.74, 6) is 2.04. The minimum atomic E-state index is -0.136. The van der Waals surface area contributed by atoms with Gasteiger partial charge in [0.2, 0.25) is 0 Å². The average molecular weight is 438 g/mol. The quantitative estimate of drug-likeness (QED) is 0.276. The summed E-state index contributed by atoms with van der Waals surface area (Å²) in [6.45, 7) is 1.13. The zero-order valence-electron chi connectivity index (χ0n) is 16.0. The van der Waals surface area contributed by atoms with Crippen molar-refractivity contribution < 1.29 is 18.7 Å². The second-order valence-electron chi connectivity index (χ2n) is 6.40. The van der Waals surface area contributed by atoms with Gasteiger partial charge in [0.15, 0.2) is 0 Å². The van der Waals surface area contributed by atoms with E-state index in [4.69, 9.17) is 26.1 Å². The molecule has 0 unspecified atom stereocenters. The van der Waals surface area contributed by atoms with Crippen LogP contribution in [0.3, 0.4) is 0 Å². The molecular weight excluding hydrogens is 418 g/mol. The van der Waals surface area contributed by atoms with E-state index >= 15 is 0 Å². The van der Waals surface area contributed by atoms with E-state index in [0.717, 1.165) is 11.3 Å². The highest BCUT2D eigenvalue weighted by molar-refractivity contribution is 8.26. The number of benzene rings is 2. The van der Waals surface area contributed by atoms with Gasteiger partial charge < -0.3 is 13.9 Å². The normalized spacial score (nSPS) is 15.1. The fourth-order valence-electron chi connectivity index (χ4n) is 2.89. The first kappa shape index (κ1) is 20.3. The molecule has 0 atom stereocenters. The molecule has 5 nitrogen and oxygen atoms in total. The Morgan fingerprint density at radius 3 is 2.53 bits per heavy atom. The summed E-state index contributed by atoms with van der Waals surface area (Å²) in [7, 11) is 0. The lowest BCUT2D eigenvalue weighted by molar-refractivity contribution is -0.122. The molecule has 0 bridgehead atoms. The molecule has 2 heterocycles. The van der Waals surface area contributed by atoms with E-state index in [2.05, 4.69) is 0 Å². The lowest BCUT2D eigenvalue weighted by Gasteiger charge is -2.12. The molecule has 1 amide bonds. The molecule has 1 aromatic heterocycles. The zero-order chi connectivity index (χ0) is 20.8. The van der Waals surface area contributed by atoms with Crippen molar-refractivity contribution in [3.05, 3.63) is 89.2 Å². The molecule has 0 radical (unpaired) electrons. The summed E-state index contributed by atoms with van der Waals surface area (Å²) in [4.78, 5) is 14.9. The molecule has 152 valence electrons. The van der Waals surface area contributed by atoms with Gasteiger partial charge in [0.1, 0.15) is 34.8 Å². The van der Waals surface area contributed by atoms with Gasteiger partial charge in [0.05, 0.1) is 17.7 Å². The Morgan fingerprint density at radius 1 is 0.967 bits per heavy atom. The van der Waals surface area contributed by atoms with Crippen molar-refractivity contribution in [1.29, 1.82) is 0 Å². The van der Waals surface area contributed by atoms with Crippen molar-refractivity contribution >= 4 is 40.3 Å². The minimum absolute atomic E-state index is 0.136. The summed E-state index contributed by atoms with van der Waals surface area (Å²) in [6, 6.07) is 20.8. The van der Waals surface area contributed by atoms with Gasteiger partial charge >= 0.3 is 0 Å². The van der Waals surface area contributed by atoms with Crippen molar-refractivity contribution in [3.63, 3.8) is 0 Å². The number of carbonyl (C=O) groups is 1. The maximum absolute atomic E-state index is 12.8. The van der Waals surface area contributed by atoms with Gasteiger partial charge in [0.25, 0.3) is 5.91 Å². The van der Waals surface area contributed by atoms with Gasteiger partial charge in [-0.2, -0.15) is 0 Å². The molecule has 0 spiro atoms. The van der Waals surface area contributed by atoms with Crippen molar-refractivity contribution in [2.24, 2.45) is 0 Å². The molecule has 4 rings (SSSR count). The molecule has 0 saturated carbocycles. The van der Waals surface area contributed by atoms with Gasteiger partial charge in [-0.1, -0.05) is 60.4 Å². The summed E-state index contributed by atoms with van der Waals surface area (Å²) in [5, 5.41) is 0. The predicted octanol–water partition coefficient (Wildman–Crippen LogP) is 5.14. The summed E-state index contributed by atoms with van der Waals surface area (Å²) < 4.78 is 17.4. The fourth-order valence-corrected chi connectivity index (χ4v) is 4.14. The molecule has 0 N–H and O–H groups in total. The topological polar surface area (TPSA) is 51.9 Å². The van der Waals surface area contributed by atoms with Crippen LogP contribution in [0.25, 0.3) is 6.08 Å². The number of para-hydroxylation sites is 2. The summed E-state index contributed by atoms with van der Waals surface area (Å²) in [5.41, 5.74) is 0.815. The fraction of sp³-hybridized carbons (Fsp3) is 0.130. The van der Waals surface area contributed by atoms with E-state index < -0.39 is 0 Å². The molecule has 2 aromatic carbocycles. The number of carbonyl (C=O) groups excluding carboxylic acids is 1. The van der Waals surface area contributed by atoms with Crippen LogP contribution in [0.15, 0.2) is 82.3 Å². The maximum Gasteiger partial charge on any atom is 0.266 e. The van der Waals surface area contributed by atoms with Gasteiger partial charge in [-0.25, -0.2) is 0 Å². The number of amides is 1. The van der Waals surface area contributed by atoms with E-state index in [1.807, 2.05) is 66.7 Å². The number of nitrogens with zero attached hydrogens (tertiary/aromatic N) is 1. The summed E-state index contributed by atoms with van der Waals surface area (Å²) >= 11 is 6.67. The highest BCUT2D eigenvalue weighted by atomic mass is 32.2. The number of thiocarbonyl (C=S) groups is 1. The first-order valence-corrected chi connectivity index (χ1v) is 10.6. The second kappa shape index (κ2) is 9.65. The number of rotatable bonds is 8. The number of hydrogen-bond acceptors (Lipinski definition) is 6. The smallest absolute Gasteiger partial charge is 0.266 e. The monoisotopic (exact) mass is 437 g/mol. The number of hydrogen-bond donors (Lipinski definition) is 0. The zero-order valence-corrected chi connectivity index (χ0v) is 17.7. The third kappa shape index (κ3) is 4.93. The van der Waals surface area contributed by atoms with E-state index in [1.165, 1.54) is 11.8 Å². The molecule has 30 heavy (non-hydrogen) atoms. The van der Waals surface area contributed by atoms with Crippen LogP contribution in [-0.4, -0.2) is 28.3 Å². The Bertz CT molecular complexity index is 1050. The highest BCUT2D eigenvalue weighted by Gasteiger charge is 2.32. The standard InChI is InChI=1S/C23H19NO4S2/c25-22-21(30-23(29)24(22)16-19-10-6-12-26-19)15-17-7-4-5-11-20(17)28-14-13-27-18-8-2-1-3-9-18/h1-12,15H,13-14,16H2/b21-15-. The van der Waals surface area contributed by atoms with Crippen molar-refractivity contribution in [1.82, 2.24) is 4.90 Å². The Hall–Kier alpha value is -3.03. The Kier molecular flexibility index (Phi) is 6.51. The Labute approximate surface area is 184 Å². The molecular formula is C23H19NO4S2. The van der Waals surface area contributed by atoms with E-state index in [1.54, 1.807) is 17.2 Å². The van der Waals surface area contributed by atoms with Crippen LogP contribution in [-0.2, 0) is 11.3 Å². The Morgan fingerprint density at radius 2 is 1.73 bits per heavy atom. The van der Waals surface area contributed by atoms with Crippen molar-refractivity contribution in [3.8, 4) is 11.5 Å². The lowest BCUT2D eigenvalue weighted by Crippen LogP contribution is -2.27. The van der Waals surface area contributed by atoms with E-state index in [9.17, 15) is 4.79 Å². The number of furan rings is 1. The van der Waals surface area contributed by atoms with E-state index in [0.29, 0.717) is 40.5 Å². The van der Waals surface area contributed by atoms with Gasteiger partial charge in [-0.3, -0.25) is 9.69 Å². The lowest BCUT2D eigenvalue weighted by atomic mass is 10.2. The van der Waals surface area contributed by atoms with Crippen LogP contribution in [0.4, 0.5) is 0 Å².